The number of hydrogen-bond acceptors (Lipinski definition) is 4. The number of amides is 3. The Morgan fingerprint density at radius 1 is 1.17 bits per heavy atom. The summed E-state index contributed by atoms with van der Waals surface area (Å²) in [4.78, 5) is 34.9. The molecule has 30 heavy (non-hydrogen) atoms. The van der Waals surface area contributed by atoms with Gasteiger partial charge in [0.05, 0.1) is 0 Å². The van der Waals surface area contributed by atoms with E-state index in [1.165, 1.54) is 10.6 Å². The number of aliphatic imine (C=N–C) groups is 1. The molecule has 1 unspecified atom stereocenters. The number of para-hydroxylation sites is 1. The first-order valence-corrected chi connectivity index (χ1v) is 10.4. The number of rotatable bonds is 6. The highest BCUT2D eigenvalue weighted by Crippen LogP contribution is 2.20. The van der Waals surface area contributed by atoms with Gasteiger partial charge >= 0.3 is 6.03 Å². The van der Waals surface area contributed by atoms with Gasteiger partial charge in [0.25, 0.3) is 5.91 Å². The Hall–Kier alpha value is -2.04. The molecule has 2 N–H and O–H groups in total. The fourth-order valence-corrected chi connectivity index (χ4v) is 3.77. The van der Waals surface area contributed by atoms with Crippen molar-refractivity contribution in [3.63, 3.8) is 0 Å². The average molecular weight is 528 g/mol. The lowest BCUT2D eigenvalue weighted by Gasteiger charge is -2.37. The molecule has 0 bridgehead atoms. The van der Waals surface area contributed by atoms with Crippen LogP contribution in [0.15, 0.2) is 35.3 Å². The van der Waals surface area contributed by atoms with Crippen LogP contribution in [0.1, 0.15) is 26.7 Å². The predicted molar refractivity (Wildman–Crippen MR) is 131 cm³/mol. The van der Waals surface area contributed by atoms with Gasteiger partial charge in [-0.05, 0) is 31.9 Å². The predicted octanol–water partition coefficient (Wildman–Crippen LogP) is 2.11. The third-order valence-corrected chi connectivity index (χ3v) is 5.81. The molecule has 3 amide bonds. The number of urea groups is 1. The molecule has 2 aliphatic heterocycles. The molecule has 0 spiro atoms. The molecular weight excluding hydrogens is 495 g/mol. The van der Waals surface area contributed by atoms with Gasteiger partial charge in [0.1, 0.15) is 5.54 Å². The monoisotopic (exact) mass is 528 g/mol. The second-order valence-corrected chi connectivity index (χ2v) is 7.71. The number of carbonyl (C=O) groups is 2. The number of piperazine rings is 1. The number of guanidine groups is 1. The number of halogens is 1. The highest BCUT2D eigenvalue weighted by atomic mass is 127. The molecule has 2 aliphatic rings. The molecule has 1 atom stereocenters. The van der Waals surface area contributed by atoms with Crippen molar-refractivity contribution in [2.24, 2.45) is 4.99 Å². The maximum absolute atomic E-state index is 12.4. The molecule has 0 radical (unpaired) electrons. The molecule has 1 aromatic rings. The fourth-order valence-electron chi connectivity index (χ4n) is 3.77. The van der Waals surface area contributed by atoms with Crippen LogP contribution in [0.25, 0.3) is 0 Å². The molecule has 0 saturated carbocycles. The van der Waals surface area contributed by atoms with Crippen LogP contribution in [0.4, 0.5) is 10.5 Å². The minimum atomic E-state index is -0.765. The van der Waals surface area contributed by atoms with E-state index in [2.05, 4.69) is 49.7 Å². The summed E-state index contributed by atoms with van der Waals surface area (Å²) >= 11 is 0. The van der Waals surface area contributed by atoms with Crippen molar-refractivity contribution in [1.29, 1.82) is 0 Å². The zero-order valence-corrected chi connectivity index (χ0v) is 20.4. The quantitative estimate of drug-likeness (QED) is 0.195. The first kappa shape index (κ1) is 24.2. The van der Waals surface area contributed by atoms with E-state index in [1.54, 1.807) is 14.0 Å². The summed E-state index contributed by atoms with van der Waals surface area (Å²) in [5.74, 6) is 0.736. The summed E-state index contributed by atoms with van der Waals surface area (Å²) in [5, 5.41) is 6.16. The van der Waals surface area contributed by atoms with Crippen molar-refractivity contribution in [2.75, 3.05) is 51.2 Å². The van der Waals surface area contributed by atoms with Crippen LogP contribution in [0.2, 0.25) is 0 Å². The van der Waals surface area contributed by atoms with Crippen molar-refractivity contribution >= 4 is 47.6 Å². The van der Waals surface area contributed by atoms with Gasteiger partial charge in [0.15, 0.2) is 5.96 Å². The zero-order valence-electron chi connectivity index (χ0n) is 18.1. The molecule has 8 nitrogen and oxygen atoms in total. The number of carbonyl (C=O) groups excluding carboxylic acids is 2. The van der Waals surface area contributed by atoms with Crippen molar-refractivity contribution in [3.8, 4) is 0 Å². The van der Waals surface area contributed by atoms with Crippen molar-refractivity contribution < 1.29 is 9.59 Å². The summed E-state index contributed by atoms with van der Waals surface area (Å²) in [5.41, 5.74) is 0.488. The Balaban J connectivity index is 0.00000320. The van der Waals surface area contributed by atoms with E-state index in [4.69, 9.17) is 0 Å². The summed E-state index contributed by atoms with van der Waals surface area (Å²) in [6.45, 7) is 8.45. The second-order valence-electron chi connectivity index (χ2n) is 7.71. The lowest BCUT2D eigenvalue weighted by molar-refractivity contribution is -0.130. The maximum atomic E-state index is 12.4. The van der Waals surface area contributed by atoms with Gasteiger partial charge in [0, 0.05) is 52.0 Å². The second kappa shape index (κ2) is 10.8. The Bertz CT molecular complexity index is 751. The Morgan fingerprint density at radius 2 is 1.83 bits per heavy atom. The Morgan fingerprint density at radius 3 is 2.40 bits per heavy atom. The van der Waals surface area contributed by atoms with Gasteiger partial charge < -0.3 is 20.4 Å². The molecular formula is C21H33IN6O2. The molecule has 2 saturated heterocycles. The average Bonchev–Trinajstić information content (AvgIpc) is 2.98. The number of hydrogen-bond donors (Lipinski definition) is 2. The zero-order chi connectivity index (χ0) is 20.9. The fraction of sp³-hybridized carbons (Fsp3) is 0.571. The third-order valence-electron chi connectivity index (χ3n) is 5.81. The first-order chi connectivity index (χ1) is 14.0. The maximum Gasteiger partial charge on any atom is 0.325 e. The summed E-state index contributed by atoms with van der Waals surface area (Å²) < 4.78 is 0. The van der Waals surface area contributed by atoms with Gasteiger partial charge in [-0.3, -0.25) is 14.7 Å². The topological polar surface area (TPSA) is 80.3 Å². The normalized spacial score (nSPS) is 22.1. The lowest BCUT2D eigenvalue weighted by Crippen LogP contribution is -2.52. The highest BCUT2D eigenvalue weighted by Gasteiger charge is 2.45. The van der Waals surface area contributed by atoms with E-state index < -0.39 is 5.54 Å². The smallest absolute Gasteiger partial charge is 0.325 e. The van der Waals surface area contributed by atoms with E-state index >= 15 is 0 Å². The lowest BCUT2D eigenvalue weighted by atomic mass is 9.99. The minimum absolute atomic E-state index is 0. The summed E-state index contributed by atoms with van der Waals surface area (Å²) in [7, 11) is 1.79. The highest BCUT2D eigenvalue weighted by molar-refractivity contribution is 14.0. The number of imide groups is 1. The Kier molecular flexibility index (Phi) is 8.75. The number of anilines is 1. The van der Waals surface area contributed by atoms with E-state index in [0.717, 1.165) is 32.1 Å². The minimum Gasteiger partial charge on any atom is -0.368 e. The van der Waals surface area contributed by atoms with Crippen molar-refractivity contribution in [3.05, 3.63) is 30.3 Å². The molecule has 9 heteroatoms. The number of benzene rings is 1. The third kappa shape index (κ3) is 5.35. The molecule has 3 rings (SSSR count). The van der Waals surface area contributed by atoms with E-state index in [1.807, 2.05) is 13.0 Å². The largest absolute Gasteiger partial charge is 0.368 e. The van der Waals surface area contributed by atoms with Crippen molar-refractivity contribution in [2.45, 2.75) is 32.2 Å². The molecule has 2 fully saturated rings. The standard InChI is InChI=1S/C21H32N6O2.HI/c1-4-21(2)18(28)27(20(29)24-21)12-8-11-23-19(22-3)26-15-13-25(14-16-26)17-9-6-5-7-10-17;/h5-7,9-10H,4,8,11-16H2,1-3H3,(H,22,23)(H,24,29);1H. The SMILES string of the molecule is CCC1(C)NC(=O)N(CCCNC(=NC)N2CCN(c3ccccc3)CC2)C1=O.I. The molecule has 0 aliphatic carbocycles. The van der Waals surface area contributed by atoms with Gasteiger partial charge in [-0.1, -0.05) is 25.1 Å². The van der Waals surface area contributed by atoms with Gasteiger partial charge in [-0.15, -0.1) is 24.0 Å². The molecule has 0 aromatic heterocycles. The first-order valence-electron chi connectivity index (χ1n) is 10.4. The van der Waals surface area contributed by atoms with Gasteiger partial charge in [-0.2, -0.15) is 0 Å². The van der Waals surface area contributed by atoms with Crippen LogP contribution < -0.4 is 15.5 Å². The van der Waals surface area contributed by atoms with Gasteiger partial charge in [-0.25, -0.2) is 4.79 Å². The van der Waals surface area contributed by atoms with E-state index in [0.29, 0.717) is 25.9 Å². The van der Waals surface area contributed by atoms with Crippen LogP contribution in [-0.2, 0) is 4.79 Å². The van der Waals surface area contributed by atoms with E-state index in [9.17, 15) is 9.59 Å². The van der Waals surface area contributed by atoms with Crippen LogP contribution in [0.3, 0.4) is 0 Å². The van der Waals surface area contributed by atoms with Gasteiger partial charge in [0.2, 0.25) is 0 Å². The summed E-state index contributed by atoms with van der Waals surface area (Å²) in [6.07, 6.45) is 1.27. The molecule has 2 heterocycles. The molecule has 1 aromatic carbocycles. The van der Waals surface area contributed by atoms with E-state index in [-0.39, 0.29) is 35.9 Å². The van der Waals surface area contributed by atoms with Crippen LogP contribution in [0.5, 0.6) is 0 Å². The number of nitrogens with zero attached hydrogens (tertiary/aromatic N) is 4. The van der Waals surface area contributed by atoms with Crippen LogP contribution in [0, 0.1) is 0 Å². The summed E-state index contributed by atoms with van der Waals surface area (Å²) in [6, 6.07) is 10.2. The number of nitrogens with one attached hydrogen (secondary N) is 2. The van der Waals surface area contributed by atoms with Crippen LogP contribution in [-0.4, -0.2) is 79.6 Å². The van der Waals surface area contributed by atoms with Crippen LogP contribution >= 0.6 is 24.0 Å². The molecule has 166 valence electrons. The van der Waals surface area contributed by atoms with Crippen molar-refractivity contribution in [1.82, 2.24) is 20.4 Å². The Labute approximate surface area is 196 Å².